The lowest BCUT2D eigenvalue weighted by Crippen LogP contribution is -2.30. The Morgan fingerprint density at radius 1 is 1.32 bits per heavy atom. The van der Waals surface area contributed by atoms with Crippen molar-refractivity contribution in [1.29, 1.82) is 5.26 Å². The maximum Gasteiger partial charge on any atom is 0.311 e. The number of nitrogens with zero attached hydrogens (tertiary/aromatic N) is 1. The van der Waals surface area contributed by atoms with E-state index in [1.165, 1.54) is 29.4 Å². The van der Waals surface area contributed by atoms with Gasteiger partial charge in [0.2, 0.25) is 0 Å². The molecule has 1 aromatic carbocycles. The number of ether oxygens (including phenoxy) is 1. The van der Waals surface area contributed by atoms with Crippen LogP contribution in [0.15, 0.2) is 29.6 Å². The number of hydrogen-bond donors (Lipinski definition) is 1. The third-order valence-electron chi connectivity index (χ3n) is 4.21. The van der Waals surface area contributed by atoms with E-state index in [-0.39, 0.29) is 6.42 Å². The molecule has 128 valence electrons. The summed E-state index contributed by atoms with van der Waals surface area (Å²) in [6, 6.07) is 9.70. The van der Waals surface area contributed by atoms with Crippen molar-refractivity contribution in [3.63, 3.8) is 0 Å². The topological polar surface area (TPSA) is 79.2 Å². The van der Waals surface area contributed by atoms with E-state index in [0.717, 1.165) is 24.8 Å². The predicted molar refractivity (Wildman–Crippen MR) is 95.4 cm³/mol. The maximum absolute atomic E-state index is 12.1. The van der Waals surface area contributed by atoms with Gasteiger partial charge in [-0.1, -0.05) is 18.2 Å². The van der Waals surface area contributed by atoms with Gasteiger partial charge >= 0.3 is 5.97 Å². The normalized spacial score (nSPS) is 13.6. The molecule has 1 N–H and O–H groups in total. The summed E-state index contributed by atoms with van der Waals surface area (Å²) in [4.78, 5) is 24.2. The van der Waals surface area contributed by atoms with Crippen molar-refractivity contribution in [3.8, 4) is 6.07 Å². The Labute approximate surface area is 150 Å². The Hall–Kier alpha value is -2.65. The minimum Gasteiger partial charge on any atom is -0.452 e. The summed E-state index contributed by atoms with van der Waals surface area (Å²) in [5, 5.41) is 13.8. The van der Waals surface area contributed by atoms with E-state index >= 15 is 0 Å². The molecule has 2 aromatic rings. The van der Waals surface area contributed by atoms with Crippen LogP contribution in [0.4, 0.5) is 5.00 Å². The SMILES string of the molecule is C[C@H](OC(=O)Cc1ccc2c(c1)CCC2)C(=O)Nc1sccc1C#N. The highest BCUT2D eigenvalue weighted by atomic mass is 32.1. The smallest absolute Gasteiger partial charge is 0.311 e. The van der Waals surface area contributed by atoms with E-state index in [4.69, 9.17) is 10.00 Å². The van der Waals surface area contributed by atoms with Crippen LogP contribution in [-0.2, 0) is 33.6 Å². The van der Waals surface area contributed by atoms with Crippen LogP contribution < -0.4 is 5.32 Å². The molecule has 6 heteroatoms. The fourth-order valence-electron chi connectivity index (χ4n) is 2.90. The van der Waals surface area contributed by atoms with E-state index in [1.807, 2.05) is 12.1 Å². The monoisotopic (exact) mass is 354 g/mol. The Kier molecular flexibility index (Phi) is 5.15. The highest BCUT2D eigenvalue weighted by molar-refractivity contribution is 7.14. The van der Waals surface area contributed by atoms with Crippen molar-refractivity contribution in [3.05, 3.63) is 51.9 Å². The Balaban J connectivity index is 1.55. The minimum absolute atomic E-state index is 0.146. The van der Waals surface area contributed by atoms with Crippen molar-refractivity contribution in [2.45, 2.75) is 38.7 Å². The van der Waals surface area contributed by atoms with Gasteiger partial charge in [-0.15, -0.1) is 11.3 Å². The lowest BCUT2D eigenvalue weighted by Gasteiger charge is -2.13. The highest BCUT2D eigenvalue weighted by Gasteiger charge is 2.20. The lowest BCUT2D eigenvalue weighted by atomic mass is 10.0. The number of thiophene rings is 1. The zero-order valence-corrected chi connectivity index (χ0v) is 14.7. The number of nitriles is 1. The summed E-state index contributed by atoms with van der Waals surface area (Å²) in [7, 11) is 0. The number of esters is 1. The van der Waals surface area contributed by atoms with Gasteiger partial charge < -0.3 is 10.1 Å². The number of carbonyl (C=O) groups excluding carboxylic acids is 2. The second-order valence-corrected chi connectivity index (χ2v) is 6.95. The summed E-state index contributed by atoms with van der Waals surface area (Å²) in [6.45, 7) is 1.52. The third kappa shape index (κ3) is 4.06. The fraction of sp³-hybridized carbons (Fsp3) is 0.316. The molecule has 1 atom stereocenters. The first-order chi connectivity index (χ1) is 12.1. The van der Waals surface area contributed by atoms with Crippen molar-refractivity contribution < 1.29 is 14.3 Å². The van der Waals surface area contributed by atoms with Crippen LogP contribution >= 0.6 is 11.3 Å². The summed E-state index contributed by atoms with van der Waals surface area (Å²) < 4.78 is 5.23. The molecule has 1 aliphatic rings. The zero-order chi connectivity index (χ0) is 17.8. The van der Waals surface area contributed by atoms with Crippen LogP contribution in [0.25, 0.3) is 0 Å². The van der Waals surface area contributed by atoms with Crippen LogP contribution in [0, 0.1) is 11.3 Å². The van der Waals surface area contributed by atoms with E-state index in [1.54, 1.807) is 11.4 Å². The number of rotatable bonds is 5. The van der Waals surface area contributed by atoms with E-state index in [9.17, 15) is 9.59 Å². The first-order valence-corrected chi connectivity index (χ1v) is 9.03. The quantitative estimate of drug-likeness (QED) is 0.836. The molecule has 0 unspecified atom stereocenters. The average Bonchev–Trinajstić information content (AvgIpc) is 3.22. The Bertz CT molecular complexity index is 851. The number of amides is 1. The average molecular weight is 354 g/mol. The molecule has 1 amide bonds. The fourth-order valence-corrected chi connectivity index (χ4v) is 3.64. The molecule has 0 aliphatic heterocycles. The van der Waals surface area contributed by atoms with Gasteiger partial charge in [0.05, 0.1) is 12.0 Å². The number of fused-ring (bicyclic) bond motifs is 1. The summed E-state index contributed by atoms with van der Waals surface area (Å²) in [5.74, 6) is -0.881. The van der Waals surface area contributed by atoms with Crippen molar-refractivity contribution in [2.75, 3.05) is 5.32 Å². The number of anilines is 1. The Morgan fingerprint density at radius 3 is 2.92 bits per heavy atom. The molecule has 0 fully saturated rings. The molecule has 1 heterocycles. The second-order valence-electron chi connectivity index (χ2n) is 6.03. The molecule has 1 aromatic heterocycles. The van der Waals surface area contributed by atoms with Gasteiger partial charge in [-0.05, 0) is 54.3 Å². The van der Waals surface area contributed by atoms with Crippen LogP contribution in [0.2, 0.25) is 0 Å². The first kappa shape index (κ1) is 17.2. The van der Waals surface area contributed by atoms with Crippen molar-refractivity contribution >= 4 is 28.2 Å². The molecule has 5 nitrogen and oxygen atoms in total. The zero-order valence-electron chi connectivity index (χ0n) is 13.9. The highest BCUT2D eigenvalue weighted by Crippen LogP contribution is 2.24. The van der Waals surface area contributed by atoms with Gasteiger partial charge in [0.1, 0.15) is 11.1 Å². The number of nitrogens with one attached hydrogen (secondary N) is 1. The molecule has 0 radical (unpaired) electrons. The molecule has 0 bridgehead atoms. The second kappa shape index (κ2) is 7.49. The maximum atomic E-state index is 12.1. The number of benzene rings is 1. The van der Waals surface area contributed by atoms with Gasteiger partial charge in [0.15, 0.2) is 6.10 Å². The lowest BCUT2D eigenvalue weighted by molar-refractivity contribution is -0.152. The van der Waals surface area contributed by atoms with Gasteiger partial charge in [0.25, 0.3) is 5.91 Å². The number of aryl methyl sites for hydroxylation is 2. The minimum atomic E-state index is -0.921. The largest absolute Gasteiger partial charge is 0.452 e. The van der Waals surface area contributed by atoms with Gasteiger partial charge in [0, 0.05) is 0 Å². The molecule has 0 spiro atoms. The third-order valence-corrected chi connectivity index (χ3v) is 5.04. The summed E-state index contributed by atoms with van der Waals surface area (Å²) in [5.41, 5.74) is 3.96. The molecule has 25 heavy (non-hydrogen) atoms. The van der Waals surface area contributed by atoms with Crippen molar-refractivity contribution in [1.82, 2.24) is 0 Å². The molecular formula is C19H18N2O3S. The summed E-state index contributed by atoms with van der Waals surface area (Å²) in [6.07, 6.45) is 2.54. The van der Waals surface area contributed by atoms with Crippen LogP contribution in [0.5, 0.6) is 0 Å². The van der Waals surface area contributed by atoms with Crippen LogP contribution in [0.3, 0.4) is 0 Å². The standard InChI is InChI=1S/C19H18N2O3S/c1-12(18(23)21-19-16(11-20)7-8-25-19)24-17(22)10-13-5-6-14-3-2-4-15(14)9-13/h5-9,12H,2-4,10H2,1H3,(H,21,23)/t12-/m0/s1. The van der Waals surface area contributed by atoms with E-state index in [0.29, 0.717) is 10.6 Å². The van der Waals surface area contributed by atoms with E-state index in [2.05, 4.69) is 17.4 Å². The molecule has 1 aliphatic carbocycles. The molecular weight excluding hydrogens is 336 g/mol. The van der Waals surface area contributed by atoms with Gasteiger partial charge in [-0.3, -0.25) is 9.59 Å². The first-order valence-electron chi connectivity index (χ1n) is 8.15. The van der Waals surface area contributed by atoms with Crippen LogP contribution in [0.1, 0.15) is 35.6 Å². The summed E-state index contributed by atoms with van der Waals surface area (Å²) >= 11 is 1.26. The van der Waals surface area contributed by atoms with Crippen LogP contribution in [-0.4, -0.2) is 18.0 Å². The van der Waals surface area contributed by atoms with Crippen molar-refractivity contribution in [2.24, 2.45) is 0 Å². The Morgan fingerprint density at radius 2 is 2.12 bits per heavy atom. The van der Waals surface area contributed by atoms with E-state index < -0.39 is 18.0 Å². The van der Waals surface area contributed by atoms with Gasteiger partial charge in [-0.25, -0.2) is 0 Å². The number of hydrogen-bond acceptors (Lipinski definition) is 5. The molecule has 0 saturated carbocycles. The molecule has 3 rings (SSSR count). The predicted octanol–water partition coefficient (Wildman–Crippen LogP) is 3.22. The van der Waals surface area contributed by atoms with Gasteiger partial charge in [-0.2, -0.15) is 5.26 Å². The number of carbonyl (C=O) groups is 2. The molecule has 0 saturated heterocycles.